The highest BCUT2D eigenvalue weighted by molar-refractivity contribution is 14.1. The standard InChI is InChI=1S/C15H27IO2/c1-12(2)13-5-7-15(11-16,8-6-13)18-10-14-4-3-9-17-14/h12-14H,3-11H2,1-2H3. The van der Waals surface area contributed by atoms with E-state index >= 15 is 0 Å². The zero-order valence-corrected chi connectivity index (χ0v) is 13.9. The number of hydrogen-bond acceptors (Lipinski definition) is 2. The van der Waals surface area contributed by atoms with E-state index in [1.54, 1.807) is 0 Å². The fraction of sp³-hybridized carbons (Fsp3) is 1.00. The van der Waals surface area contributed by atoms with E-state index in [9.17, 15) is 0 Å². The molecule has 0 spiro atoms. The number of ether oxygens (including phenoxy) is 2. The van der Waals surface area contributed by atoms with Gasteiger partial charge in [0.05, 0.1) is 18.3 Å². The second-order valence-corrected chi connectivity index (χ2v) is 7.11. The van der Waals surface area contributed by atoms with Crippen molar-refractivity contribution in [1.82, 2.24) is 0 Å². The van der Waals surface area contributed by atoms with E-state index in [2.05, 4.69) is 36.4 Å². The zero-order valence-electron chi connectivity index (χ0n) is 11.8. The summed E-state index contributed by atoms with van der Waals surface area (Å²) in [4.78, 5) is 0. The molecule has 0 bridgehead atoms. The van der Waals surface area contributed by atoms with Crippen molar-refractivity contribution in [1.29, 1.82) is 0 Å². The summed E-state index contributed by atoms with van der Waals surface area (Å²) < 4.78 is 13.1. The first-order valence-electron chi connectivity index (χ1n) is 7.47. The predicted octanol–water partition coefficient (Wildman–Crippen LogP) is 4.20. The minimum absolute atomic E-state index is 0.151. The van der Waals surface area contributed by atoms with E-state index < -0.39 is 0 Å². The van der Waals surface area contributed by atoms with Crippen molar-refractivity contribution in [2.24, 2.45) is 11.8 Å². The fourth-order valence-electron chi connectivity index (χ4n) is 3.19. The molecule has 0 aromatic carbocycles. The lowest BCUT2D eigenvalue weighted by Crippen LogP contribution is -2.41. The van der Waals surface area contributed by atoms with Crippen molar-refractivity contribution in [2.75, 3.05) is 17.6 Å². The van der Waals surface area contributed by atoms with E-state index in [1.165, 1.54) is 38.5 Å². The van der Waals surface area contributed by atoms with Crippen molar-refractivity contribution in [3.63, 3.8) is 0 Å². The largest absolute Gasteiger partial charge is 0.376 e. The van der Waals surface area contributed by atoms with Crippen LogP contribution in [0.2, 0.25) is 0 Å². The van der Waals surface area contributed by atoms with Gasteiger partial charge < -0.3 is 9.47 Å². The molecule has 2 aliphatic rings. The second kappa shape index (κ2) is 6.89. The monoisotopic (exact) mass is 366 g/mol. The Bertz CT molecular complexity index is 241. The van der Waals surface area contributed by atoms with Gasteiger partial charge in [0.2, 0.25) is 0 Å². The van der Waals surface area contributed by atoms with Gasteiger partial charge in [-0.05, 0) is 50.4 Å². The SMILES string of the molecule is CC(C)C1CCC(CI)(OCC2CCCO2)CC1. The molecule has 0 N–H and O–H groups in total. The molecule has 3 heteroatoms. The lowest BCUT2D eigenvalue weighted by molar-refractivity contribution is -0.0945. The van der Waals surface area contributed by atoms with Gasteiger partial charge in [-0.25, -0.2) is 0 Å². The lowest BCUT2D eigenvalue weighted by Gasteiger charge is -2.40. The smallest absolute Gasteiger partial charge is 0.0809 e. The average Bonchev–Trinajstić information content (AvgIpc) is 2.90. The summed E-state index contributed by atoms with van der Waals surface area (Å²) in [5.41, 5.74) is 0.151. The summed E-state index contributed by atoms with van der Waals surface area (Å²) in [7, 11) is 0. The maximum atomic E-state index is 6.30. The molecule has 2 fully saturated rings. The van der Waals surface area contributed by atoms with Crippen LogP contribution in [0.5, 0.6) is 0 Å². The van der Waals surface area contributed by atoms with Crippen molar-refractivity contribution >= 4 is 22.6 Å². The predicted molar refractivity (Wildman–Crippen MR) is 83.3 cm³/mol. The highest BCUT2D eigenvalue weighted by Crippen LogP contribution is 2.39. The van der Waals surface area contributed by atoms with Crippen LogP contribution >= 0.6 is 22.6 Å². The minimum atomic E-state index is 0.151. The summed E-state index contributed by atoms with van der Waals surface area (Å²) in [5, 5.41) is 0. The van der Waals surface area contributed by atoms with Gasteiger partial charge in [0, 0.05) is 11.0 Å². The molecular weight excluding hydrogens is 339 g/mol. The first kappa shape index (κ1) is 15.0. The van der Waals surface area contributed by atoms with Crippen LogP contribution in [-0.4, -0.2) is 29.3 Å². The van der Waals surface area contributed by atoms with Crippen LogP contribution in [0.3, 0.4) is 0 Å². The Morgan fingerprint density at radius 2 is 2.00 bits per heavy atom. The maximum absolute atomic E-state index is 6.30. The van der Waals surface area contributed by atoms with E-state index in [0.717, 1.165) is 29.5 Å². The molecule has 0 aromatic heterocycles. The summed E-state index contributed by atoms with van der Waals surface area (Å²) in [5.74, 6) is 1.74. The molecule has 2 rings (SSSR count). The van der Waals surface area contributed by atoms with Crippen molar-refractivity contribution in [2.45, 2.75) is 64.1 Å². The van der Waals surface area contributed by atoms with Crippen LogP contribution in [0.25, 0.3) is 0 Å². The second-order valence-electron chi connectivity index (χ2n) is 6.34. The highest BCUT2D eigenvalue weighted by Gasteiger charge is 2.36. The van der Waals surface area contributed by atoms with Gasteiger partial charge in [0.25, 0.3) is 0 Å². The Labute approximate surface area is 125 Å². The Kier molecular flexibility index (Phi) is 5.76. The van der Waals surface area contributed by atoms with Crippen LogP contribution in [0.4, 0.5) is 0 Å². The Morgan fingerprint density at radius 1 is 1.28 bits per heavy atom. The van der Waals surface area contributed by atoms with Crippen LogP contribution in [0.1, 0.15) is 52.4 Å². The molecular formula is C15H27IO2. The molecule has 1 heterocycles. The molecule has 0 amide bonds. The van der Waals surface area contributed by atoms with Gasteiger partial charge in [-0.2, -0.15) is 0 Å². The van der Waals surface area contributed by atoms with Gasteiger partial charge in [0.15, 0.2) is 0 Å². The number of rotatable bonds is 5. The number of alkyl halides is 1. The topological polar surface area (TPSA) is 18.5 Å². The third-order valence-electron chi connectivity index (χ3n) is 4.73. The van der Waals surface area contributed by atoms with Gasteiger partial charge in [-0.3, -0.25) is 0 Å². The van der Waals surface area contributed by atoms with Gasteiger partial charge in [-0.15, -0.1) is 0 Å². The van der Waals surface area contributed by atoms with Crippen molar-refractivity contribution < 1.29 is 9.47 Å². The Balaban J connectivity index is 1.80. The van der Waals surface area contributed by atoms with Gasteiger partial charge in [0.1, 0.15) is 0 Å². The molecule has 0 aromatic rings. The molecule has 1 atom stereocenters. The number of halogens is 1. The van der Waals surface area contributed by atoms with Crippen LogP contribution < -0.4 is 0 Å². The highest BCUT2D eigenvalue weighted by atomic mass is 127. The maximum Gasteiger partial charge on any atom is 0.0809 e. The molecule has 18 heavy (non-hydrogen) atoms. The van der Waals surface area contributed by atoms with E-state index in [0.29, 0.717) is 6.10 Å². The van der Waals surface area contributed by atoms with Gasteiger partial charge >= 0.3 is 0 Å². The third kappa shape index (κ3) is 3.83. The molecule has 1 aliphatic heterocycles. The summed E-state index contributed by atoms with van der Waals surface area (Å²) >= 11 is 2.50. The minimum Gasteiger partial charge on any atom is -0.376 e. The molecule has 1 saturated heterocycles. The molecule has 1 unspecified atom stereocenters. The molecule has 2 nitrogen and oxygen atoms in total. The van der Waals surface area contributed by atoms with Crippen LogP contribution in [-0.2, 0) is 9.47 Å². The molecule has 1 aliphatic carbocycles. The lowest BCUT2D eigenvalue weighted by atomic mass is 9.75. The first-order chi connectivity index (χ1) is 8.65. The fourth-order valence-corrected chi connectivity index (χ4v) is 4.18. The molecule has 106 valence electrons. The summed E-state index contributed by atoms with van der Waals surface area (Å²) in [6.07, 6.45) is 7.93. The molecule has 1 saturated carbocycles. The quantitative estimate of drug-likeness (QED) is 0.536. The number of hydrogen-bond donors (Lipinski definition) is 0. The molecule has 0 radical (unpaired) electrons. The average molecular weight is 366 g/mol. The van der Waals surface area contributed by atoms with Gasteiger partial charge in [-0.1, -0.05) is 36.4 Å². The van der Waals surface area contributed by atoms with E-state index in [4.69, 9.17) is 9.47 Å². The Hall–Kier alpha value is 0.650. The first-order valence-corrected chi connectivity index (χ1v) is 8.99. The van der Waals surface area contributed by atoms with Crippen molar-refractivity contribution in [3.8, 4) is 0 Å². The summed E-state index contributed by atoms with van der Waals surface area (Å²) in [6, 6.07) is 0. The Morgan fingerprint density at radius 3 is 2.50 bits per heavy atom. The van der Waals surface area contributed by atoms with Crippen LogP contribution in [0, 0.1) is 11.8 Å². The van der Waals surface area contributed by atoms with E-state index in [-0.39, 0.29) is 5.60 Å². The normalized spacial score (nSPS) is 37.3. The van der Waals surface area contributed by atoms with E-state index in [1.807, 2.05) is 0 Å². The summed E-state index contributed by atoms with van der Waals surface area (Å²) in [6.45, 7) is 6.46. The zero-order chi connectivity index (χ0) is 13.0. The van der Waals surface area contributed by atoms with Crippen molar-refractivity contribution in [3.05, 3.63) is 0 Å². The third-order valence-corrected chi connectivity index (χ3v) is 6.12. The van der Waals surface area contributed by atoms with Crippen LogP contribution in [0.15, 0.2) is 0 Å².